The van der Waals surface area contributed by atoms with E-state index in [1.807, 2.05) is 11.8 Å². The van der Waals surface area contributed by atoms with E-state index in [4.69, 9.17) is 5.73 Å². The Morgan fingerprint density at radius 2 is 2.11 bits per heavy atom. The van der Waals surface area contributed by atoms with Crippen LogP contribution in [0, 0.1) is 0 Å². The fourth-order valence-corrected chi connectivity index (χ4v) is 4.51. The van der Waals surface area contributed by atoms with Gasteiger partial charge in [0.2, 0.25) is 0 Å². The third kappa shape index (κ3) is 2.77. The van der Waals surface area contributed by atoms with Gasteiger partial charge in [-0.25, -0.2) is 0 Å². The molecule has 2 N–H and O–H groups in total. The second kappa shape index (κ2) is 5.95. The van der Waals surface area contributed by atoms with Gasteiger partial charge in [0.05, 0.1) is 0 Å². The van der Waals surface area contributed by atoms with Crippen LogP contribution in [-0.4, -0.2) is 35.0 Å². The van der Waals surface area contributed by atoms with E-state index in [-0.39, 0.29) is 5.54 Å². The van der Waals surface area contributed by atoms with E-state index in [0.717, 1.165) is 17.6 Å². The van der Waals surface area contributed by atoms with E-state index in [0.29, 0.717) is 5.25 Å². The van der Waals surface area contributed by atoms with E-state index in [9.17, 15) is 0 Å². The summed E-state index contributed by atoms with van der Waals surface area (Å²) >= 11 is 5.52. The first kappa shape index (κ1) is 14.4. The molecule has 0 aliphatic carbocycles. The molecule has 0 radical (unpaired) electrons. The third-order valence-electron chi connectivity index (χ3n) is 4.11. The van der Waals surface area contributed by atoms with Crippen molar-refractivity contribution in [3.8, 4) is 0 Å². The molecule has 2 rings (SSSR count). The van der Waals surface area contributed by atoms with Crippen molar-refractivity contribution in [2.45, 2.75) is 30.7 Å². The smallest absolute Gasteiger partial charge is 0.0455 e. The lowest BCUT2D eigenvalue weighted by Gasteiger charge is -2.41. The summed E-state index contributed by atoms with van der Waals surface area (Å²) in [5.74, 6) is 1.23. The zero-order valence-corrected chi connectivity index (χ0v) is 13.4. The van der Waals surface area contributed by atoms with Crippen LogP contribution in [0.1, 0.15) is 18.9 Å². The summed E-state index contributed by atoms with van der Waals surface area (Å²) in [6.45, 7) is 4.02. The van der Waals surface area contributed by atoms with Crippen LogP contribution in [-0.2, 0) is 6.54 Å². The number of hydrogen-bond donors (Lipinski definition) is 1. The average Bonchev–Trinajstić information content (AvgIpc) is 2.74. The molecule has 4 heteroatoms. The number of likely N-dealkylation sites (N-methyl/N-ethyl adjacent to an activating group) is 1. The number of nitrogens with two attached hydrogens (primary N) is 1. The lowest BCUT2D eigenvalue weighted by atomic mass is 9.90. The molecule has 1 heterocycles. The molecule has 18 heavy (non-hydrogen) atoms. The van der Waals surface area contributed by atoms with Crippen molar-refractivity contribution in [1.82, 2.24) is 4.90 Å². The summed E-state index contributed by atoms with van der Waals surface area (Å²) in [4.78, 5) is 2.45. The van der Waals surface area contributed by atoms with Crippen LogP contribution in [0.3, 0.4) is 0 Å². The molecule has 2 atom stereocenters. The zero-order chi connectivity index (χ0) is 13.2. The van der Waals surface area contributed by atoms with Gasteiger partial charge < -0.3 is 5.73 Å². The van der Waals surface area contributed by atoms with Crippen molar-refractivity contribution >= 4 is 27.7 Å². The van der Waals surface area contributed by atoms with Gasteiger partial charge in [0.15, 0.2) is 0 Å². The quantitative estimate of drug-likeness (QED) is 0.920. The minimum atomic E-state index is 0.164. The first-order valence-corrected chi connectivity index (χ1v) is 8.20. The molecule has 0 spiro atoms. The SMILES string of the molecule is CC1SCCC1(CN)N(C)Cc1ccc(Br)cc1. The van der Waals surface area contributed by atoms with E-state index < -0.39 is 0 Å². The number of halogens is 1. The van der Waals surface area contributed by atoms with E-state index in [2.05, 4.69) is 59.1 Å². The normalized spacial score (nSPS) is 27.9. The van der Waals surface area contributed by atoms with Crippen LogP contribution in [0.4, 0.5) is 0 Å². The molecule has 0 bridgehead atoms. The maximum Gasteiger partial charge on any atom is 0.0455 e. The molecule has 1 aliphatic heterocycles. The third-order valence-corrected chi connectivity index (χ3v) is 6.01. The summed E-state index contributed by atoms with van der Waals surface area (Å²) in [6.07, 6.45) is 1.20. The van der Waals surface area contributed by atoms with E-state index in [1.54, 1.807) is 0 Å². The van der Waals surface area contributed by atoms with Gasteiger partial charge in [-0.2, -0.15) is 11.8 Å². The second-order valence-electron chi connectivity index (χ2n) is 5.05. The van der Waals surface area contributed by atoms with Gasteiger partial charge in [0.1, 0.15) is 0 Å². The van der Waals surface area contributed by atoms with E-state index in [1.165, 1.54) is 17.7 Å². The predicted octanol–water partition coefficient (Wildman–Crippen LogP) is 3.10. The number of nitrogens with zero attached hydrogens (tertiary/aromatic N) is 1. The molecule has 2 nitrogen and oxygen atoms in total. The van der Waals surface area contributed by atoms with Gasteiger partial charge in [-0.15, -0.1) is 0 Å². The molecule has 1 fully saturated rings. The highest BCUT2D eigenvalue weighted by atomic mass is 79.9. The Morgan fingerprint density at radius 3 is 2.61 bits per heavy atom. The molecule has 0 saturated carbocycles. The number of rotatable bonds is 4. The van der Waals surface area contributed by atoms with Crippen LogP contribution in [0.5, 0.6) is 0 Å². The number of thioether (sulfide) groups is 1. The van der Waals surface area contributed by atoms with Crippen LogP contribution in [0.2, 0.25) is 0 Å². The minimum Gasteiger partial charge on any atom is -0.329 e. The fourth-order valence-electron chi connectivity index (χ4n) is 2.72. The summed E-state index contributed by atoms with van der Waals surface area (Å²) in [5.41, 5.74) is 7.58. The van der Waals surface area contributed by atoms with Crippen molar-refractivity contribution in [3.05, 3.63) is 34.3 Å². The Morgan fingerprint density at radius 1 is 1.44 bits per heavy atom. The molecule has 1 aromatic carbocycles. The molecule has 0 amide bonds. The van der Waals surface area contributed by atoms with Gasteiger partial charge >= 0.3 is 0 Å². The lowest BCUT2D eigenvalue weighted by Crippen LogP contribution is -2.55. The summed E-state index contributed by atoms with van der Waals surface area (Å²) < 4.78 is 1.13. The molecule has 100 valence electrons. The monoisotopic (exact) mass is 328 g/mol. The Balaban J connectivity index is 2.10. The Bertz CT molecular complexity index is 395. The van der Waals surface area contributed by atoms with Crippen LogP contribution in [0.15, 0.2) is 28.7 Å². The highest BCUT2D eigenvalue weighted by molar-refractivity contribution is 9.10. The molecule has 0 aromatic heterocycles. The summed E-state index contributed by atoms with van der Waals surface area (Å²) in [7, 11) is 2.21. The molecule has 1 aliphatic rings. The van der Waals surface area contributed by atoms with Crippen molar-refractivity contribution in [3.63, 3.8) is 0 Å². The van der Waals surface area contributed by atoms with Crippen molar-refractivity contribution in [1.29, 1.82) is 0 Å². The minimum absolute atomic E-state index is 0.164. The van der Waals surface area contributed by atoms with Crippen molar-refractivity contribution < 1.29 is 0 Å². The van der Waals surface area contributed by atoms with Gasteiger partial charge in [0.25, 0.3) is 0 Å². The van der Waals surface area contributed by atoms with E-state index >= 15 is 0 Å². The molecular weight excluding hydrogens is 308 g/mol. The molecule has 2 unspecified atom stereocenters. The molecule has 1 aromatic rings. The van der Waals surface area contributed by atoms with Crippen molar-refractivity contribution in [2.75, 3.05) is 19.3 Å². The second-order valence-corrected chi connectivity index (χ2v) is 7.42. The zero-order valence-electron chi connectivity index (χ0n) is 11.0. The van der Waals surface area contributed by atoms with Crippen LogP contribution < -0.4 is 5.73 Å². The Hall–Kier alpha value is -0.0300. The molecule has 1 saturated heterocycles. The largest absolute Gasteiger partial charge is 0.329 e. The maximum atomic E-state index is 6.08. The first-order chi connectivity index (χ1) is 8.58. The van der Waals surface area contributed by atoms with Gasteiger partial charge in [-0.3, -0.25) is 4.90 Å². The first-order valence-electron chi connectivity index (χ1n) is 6.36. The van der Waals surface area contributed by atoms with Crippen LogP contribution >= 0.6 is 27.7 Å². The van der Waals surface area contributed by atoms with Gasteiger partial charge in [0, 0.05) is 28.4 Å². The predicted molar refractivity (Wildman–Crippen MR) is 83.9 cm³/mol. The highest BCUT2D eigenvalue weighted by Crippen LogP contribution is 2.39. The Labute approximate surface area is 122 Å². The summed E-state index contributed by atoms with van der Waals surface area (Å²) in [5, 5.41) is 0.614. The number of benzene rings is 1. The van der Waals surface area contributed by atoms with Gasteiger partial charge in [-0.1, -0.05) is 35.0 Å². The summed E-state index contributed by atoms with van der Waals surface area (Å²) in [6, 6.07) is 8.56. The standard InChI is InChI=1S/C14H21BrN2S/c1-11-14(10-16,7-8-18-11)17(2)9-12-3-5-13(15)6-4-12/h3-6,11H,7-10,16H2,1-2H3. The topological polar surface area (TPSA) is 29.3 Å². The number of hydrogen-bond acceptors (Lipinski definition) is 3. The lowest BCUT2D eigenvalue weighted by molar-refractivity contribution is 0.122. The van der Waals surface area contributed by atoms with Gasteiger partial charge in [-0.05, 0) is 36.9 Å². The maximum absolute atomic E-state index is 6.08. The molecular formula is C14H21BrN2S. The van der Waals surface area contributed by atoms with Crippen LogP contribution in [0.25, 0.3) is 0 Å². The average molecular weight is 329 g/mol. The Kier molecular flexibility index (Phi) is 4.75. The fraction of sp³-hybridized carbons (Fsp3) is 0.571. The van der Waals surface area contributed by atoms with Crippen molar-refractivity contribution in [2.24, 2.45) is 5.73 Å². The highest BCUT2D eigenvalue weighted by Gasteiger charge is 2.42.